The molecule has 0 bridgehead atoms. The molecule has 0 saturated carbocycles. The molecule has 68 valence electrons. The van der Waals surface area contributed by atoms with E-state index in [-0.39, 0.29) is 5.12 Å². The van der Waals surface area contributed by atoms with Crippen LogP contribution in [0.2, 0.25) is 0 Å². The van der Waals surface area contributed by atoms with Crippen LogP contribution in [0, 0.1) is 0 Å². The topological polar surface area (TPSA) is 37.3 Å². The highest BCUT2D eigenvalue weighted by Gasteiger charge is 2.40. The second-order valence-corrected chi connectivity index (χ2v) is 4.32. The van der Waals surface area contributed by atoms with Gasteiger partial charge in [-0.25, -0.2) is 0 Å². The lowest BCUT2D eigenvalue weighted by atomic mass is 10.0. The monoisotopic (exact) mass is 194 g/mol. The normalized spacial score (nSPS) is 26.2. The predicted octanol–water partition coefficient (Wildman–Crippen LogP) is 2.13. The van der Waals surface area contributed by atoms with Crippen molar-refractivity contribution in [3.8, 4) is 0 Å². The molecule has 2 rings (SSSR count). The first-order chi connectivity index (χ1) is 6.17. The van der Waals surface area contributed by atoms with Crippen LogP contribution in [0.4, 0.5) is 0 Å². The largest absolute Gasteiger partial charge is 0.375 e. The van der Waals surface area contributed by atoms with Crippen molar-refractivity contribution in [1.82, 2.24) is 0 Å². The van der Waals surface area contributed by atoms with Crippen molar-refractivity contribution in [2.75, 3.05) is 0 Å². The second-order valence-electron chi connectivity index (χ2n) is 3.07. The zero-order chi connectivity index (χ0) is 9.47. The van der Waals surface area contributed by atoms with E-state index < -0.39 is 4.93 Å². The van der Waals surface area contributed by atoms with Crippen molar-refractivity contribution in [2.45, 2.75) is 18.3 Å². The van der Waals surface area contributed by atoms with Gasteiger partial charge in [-0.05, 0) is 18.2 Å². The van der Waals surface area contributed by atoms with Gasteiger partial charge in [0.2, 0.25) is 5.12 Å². The Kier molecular flexibility index (Phi) is 1.93. The molecule has 1 aromatic carbocycles. The Morgan fingerprint density at radius 3 is 2.85 bits per heavy atom. The van der Waals surface area contributed by atoms with Gasteiger partial charge in [-0.1, -0.05) is 31.2 Å². The van der Waals surface area contributed by atoms with Crippen LogP contribution in [0.25, 0.3) is 0 Å². The summed E-state index contributed by atoms with van der Waals surface area (Å²) in [5.74, 6) is 0. The molecule has 0 aromatic heterocycles. The minimum absolute atomic E-state index is 0.0278. The number of rotatable bonds is 1. The van der Waals surface area contributed by atoms with Crippen LogP contribution in [0.3, 0.4) is 0 Å². The van der Waals surface area contributed by atoms with Crippen molar-refractivity contribution in [1.29, 1.82) is 0 Å². The standard InChI is InChI=1S/C10H10O2S/c1-2-10(12)8-6-4-3-5-7(8)9(11)13-10/h3-6,12H,2H2,1H3. The van der Waals surface area contributed by atoms with Crippen LogP contribution < -0.4 is 0 Å². The number of aliphatic hydroxyl groups is 1. The SMILES string of the molecule is CCC1(O)SC(=O)c2ccccc21. The van der Waals surface area contributed by atoms with Crippen LogP contribution in [-0.2, 0) is 4.93 Å². The third-order valence-corrected chi connectivity index (χ3v) is 3.56. The summed E-state index contributed by atoms with van der Waals surface area (Å²) in [5.41, 5.74) is 1.41. The molecule has 1 atom stereocenters. The summed E-state index contributed by atoms with van der Waals surface area (Å²) in [7, 11) is 0. The fraction of sp³-hybridized carbons (Fsp3) is 0.300. The molecular weight excluding hydrogens is 184 g/mol. The van der Waals surface area contributed by atoms with Crippen LogP contribution in [0.15, 0.2) is 24.3 Å². The summed E-state index contributed by atoms with van der Waals surface area (Å²) in [6.45, 7) is 1.88. The number of carbonyl (C=O) groups is 1. The van der Waals surface area contributed by atoms with E-state index in [0.717, 1.165) is 17.3 Å². The van der Waals surface area contributed by atoms with Gasteiger partial charge in [0.05, 0.1) is 0 Å². The lowest BCUT2D eigenvalue weighted by molar-refractivity contribution is 0.108. The third-order valence-electron chi connectivity index (χ3n) is 2.31. The molecular formula is C10H10O2S. The fourth-order valence-corrected chi connectivity index (χ4v) is 2.55. The maximum atomic E-state index is 11.4. The van der Waals surface area contributed by atoms with Gasteiger partial charge in [-0.2, -0.15) is 0 Å². The summed E-state index contributed by atoms with van der Waals surface area (Å²) >= 11 is 1.01. The number of benzene rings is 1. The first-order valence-corrected chi connectivity index (χ1v) is 5.04. The molecule has 0 amide bonds. The van der Waals surface area contributed by atoms with Crippen molar-refractivity contribution in [3.05, 3.63) is 35.4 Å². The quantitative estimate of drug-likeness (QED) is 0.744. The third kappa shape index (κ3) is 1.19. The summed E-state index contributed by atoms with van der Waals surface area (Å²) in [6, 6.07) is 7.24. The molecule has 1 aromatic rings. The van der Waals surface area contributed by atoms with E-state index in [0.29, 0.717) is 12.0 Å². The average Bonchev–Trinajstić information content (AvgIpc) is 2.42. The van der Waals surface area contributed by atoms with Crippen LogP contribution in [0.5, 0.6) is 0 Å². The Bertz CT molecular complexity index is 362. The van der Waals surface area contributed by atoms with Gasteiger partial charge >= 0.3 is 0 Å². The Labute approximate surface area is 81.0 Å². The van der Waals surface area contributed by atoms with Crippen molar-refractivity contribution in [2.24, 2.45) is 0 Å². The predicted molar refractivity (Wildman–Crippen MR) is 52.6 cm³/mol. The van der Waals surface area contributed by atoms with Gasteiger partial charge in [0.15, 0.2) is 0 Å². The molecule has 2 nitrogen and oxygen atoms in total. The first kappa shape index (κ1) is 8.78. The van der Waals surface area contributed by atoms with E-state index in [1.165, 1.54) is 0 Å². The minimum atomic E-state index is -0.992. The van der Waals surface area contributed by atoms with Gasteiger partial charge in [-0.3, -0.25) is 4.79 Å². The molecule has 1 N–H and O–H groups in total. The molecule has 1 aliphatic heterocycles. The Morgan fingerprint density at radius 2 is 2.15 bits per heavy atom. The van der Waals surface area contributed by atoms with E-state index in [4.69, 9.17) is 0 Å². The molecule has 0 fully saturated rings. The fourth-order valence-electron chi connectivity index (χ4n) is 1.53. The Balaban J connectivity index is 2.59. The van der Waals surface area contributed by atoms with Gasteiger partial charge in [0, 0.05) is 11.1 Å². The van der Waals surface area contributed by atoms with Crippen molar-refractivity contribution in [3.63, 3.8) is 0 Å². The number of hydrogen-bond donors (Lipinski definition) is 1. The maximum absolute atomic E-state index is 11.4. The summed E-state index contributed by atoms with van der Waals surface area (Å²) in [6.07, 6.45) is 0.556. The highest BCUT2D eigenvalue weighted by atomic mass is 32.2. The number of carbonyl (C=O) groups excluding carboxylic acids is 1. The first-order valence-electron chi connectivity index (χ1n) is 4.22. The van der Waals surface area contributed by atoms with Gasteiger partial charge < -0.3 is 5.11 Å². The number of hydrogen-bond acceptors (Lipinski definition) is 3. The minimum Gasteiger partial charge on any atom is -0.375 e. The van der Waals surface area contributed by atoms with E-state index in [1.54, 1.807) is 6.07 Å². The lowest BCUT2D eigenvalue weighted by Gasteiger charge is -2.18. The van der Waals surface area contributed by atoms with Gasteiger partial charge in [0.1, 0.15) is 4.93 Å². The highest BCUT2D eigenvalue weighted by molar-refractivity contribution is 8.15. The van der Waals surface area contributed by atoms with Crippen molar-refractivity contribution >= 4 is 16.9 Å². The Hall–Kier alpha value is -0.800. The van der Waals surface area contributed by atoms with E-state index in [1.807, 2.05) is 25.1 Å². The van der Waals surface area contributed by atoms with Crippen LogP contribution >= 0.6 is 11.8 Å². The van der Waals surface area contributed by atoms with Gasteiger partial charge in [-0.15, -0.1) is 0 Å². The highest BCUT2D eigenvalue weighted by Crippen LogP contribution is 2.46. The molecule has 0 aliphatic carbocycles. The zero-order valence-corrected chi connectivity index (χ0v) is 8.10. The van der Waals surface area contributed by atoms with Crippen LogP contribution in [0.1, 0.15) is 29.3 Å². The number of thioether (sulfide) groups is 1. The summed E-state index contributed by atoms with van der Waals surface area (Å²) in [4.78, 5) is 10.5. The maximum Gasteiger partial charge on any atom is 0.222 e. The van der Waals surface area contributed by atoms with E-state index >= 15 is 0 Å². The van der Waals surface area contributed by atoms with Crippen molar-refractivity contribution < 1.29 is 9.90 Å². The molecule has 0 spiro atoms. The molecule has 0 radical (unpaired) electrons. The average molecular weight is 194 g/mol. The summed E-state index contributed by atoms with van der Waals surface area (Å²) in [5, 5.41) is 10.0. The van der Waals surface area contributed by atoms with E-state index in [9.17, 15) is 9.90 Å². The lowest BCUT2D eigenvalue weighted by Crippen LogP contribution is -2.16. The molecule has 0 saturated heterocycles. The Morgan fingerprint density at radius 1 is 1.46 bits per heavy atom. The molecule has 1 unspecified atom stereocenters. The summed E-state index contributed by atoms with van der Waals surface area (Å²) < 4.78 is 0. The molecule has 1 heterocycles. The smallest absolute Gasteiger partial charge is 0.222 e. The van der Waals surface area contributed by atoms with E-state index in [2.05, 4.69) is 0 Å². The number of fused-ring (bicyclic) bond motifs is 1. The molecule has 13 heavy (non-hydrogen) atoms. The van der Waals surface area contributed by atoms with Gasteiger partial charge in [0.25, 0.3) is 0 Å². The molecule has 3 heteroatoms. The second kappa shape index (κ2) is 2.86. The zero-order valence-electron chi connectivity index (χ0n) is 7.28. The molecule has 1 aliphatic rings. The van der Waals surface area contributed by atoms with Crippen LogP contribution in [-0.4, -0.2) is 10.2 Å².